The van der Waals surface area contributed by atoms with Crippen LogP contribution in [0, 0.1) is 5.92 Å². The fraction of sp³-hybridized carbons (Fsp3) is 0.583. The molecule has 1 heterocycles. The van der Waals surface area contributed by atoms with E-state index in [-0.39, 0.29) is 0 Å². The number of pyridine rings is 1. The van der Waals surface area contributed by atoms with E-state index in [1.54, 1.807) is 12.3 Å². The Morgan fingerprint density at radius 2 is 2.06 bits per heavy atom. The topological polar surface area (TPSA) is 24.9 Å². The highest BCUT2D eigenvalue weighted by Crippen LogP contribution is 2.28. The van der Waals surface area contributed by atoms with Crippen molar-refractivity contribution in [3.63, 3.8) is 0 Å². The Morgan fingerprint density at radius 3 is 2.75 bits per heavy atom. The fourth-order valence-corrected chi connectivity index (χ4v) is 2.69. The van der Waals surface area contributed by atoms with E-state index in [9.17, 15) is 0 Å². The van der Waals surface area contributed by atoms with Gasteiger partial charge in [0, 0.05) is 12.7 Å². The van der Waals surface area contributed by atoms with Crippen molar-refractivity contribution in [3.05, 3.63) is 22.3 Å². The number of anilines is 1. The molecular formula is C12H16Cl2N2. The highest BCUT2D eigenvalue weighted by atomic mass is 35.5. The molecule has 1 aliphatic carbocycles. The van der Waals surface area contributed by atoms with E-state index in [4.69, 9.17) is 23.2 Å². The van der Waals surface area contributed by atoms with E-state index in [0.717, 1.165) is 18.3 Å². The Balaban J connectivity index is 1.80. The minimum atomic E-state index is 0.575. The van der Waals surface area contributed by atoms with Crippen LogP contribution in [0.4, 0.5) is 5.82 Å². The molecule has 16 heavy (non-hydrogen) atoms. The molecule has 0 aromatic carbocycles. The lowest BCUT2D eigenvalue weighted by Crippen LogP contribution is -2.08. The Bertz CT molecular complexity index is 349. The van der Waals surface area contributed by atoms with Crippen molar-refractivity contribution in [3.8, 4) is 0 Å². The van der Waals surface area contributed by atoms with Gasteiger partial charge in [0.25, 0.3) is 0 Å². The number of hydrogen-bond acceptors (Lipinski definition) is 2. The third-order valence-corrected chi connectivity index (χ3v) is 3.62. The molecule has 4 heteroatoms. The van der Waals surface area contributed by atoms with E-state index in [1.807, 2.05) is 0 Å². The molecule has 0 spiro atoms. The van der Waals surface area contributed by atoms with Gasteiger partial charge in [-0.25, -0.2) is 4.98 Å². The van der Waals surface area contributed by atoms with Crippen LogP contribution < -0.4 is 5.32 Å². The summed E-state index contributed by atoms with van der Waals surface area (Å²) in [5.41, 5.74) is 0. The first-order chi connectivity index (χ1) is 7.75. The largest absolute Gasteiger partial charge is 0.369 e. The van der Waals surface area contributed by atoms with Crippen LogP contribution in [0.1, 0.15) is 32.1 Å². The fourth-order valence-electron chi connectivity index (χ4n) is 2.24. The molecule has 1 aromatic rings. The summed E-state index contributed by atoms with van der Waals surface area (Å²) in [6.07, 6.45) is 8.37. The van der Waals surface area contributed by atoms with Gasteiger partial charge in [-0.2, -0.15) is 0 Å². The number of rotatable bonds is 4. The molecule has 2 rings (SSSR count). The highest BCUT2D eigenvalue weighted by molar-refractivity contribution is 6.35. The van der Waals surface area contributed by atoms with Crippen LogP contribution in [0.15, 0.2) is 12.3 Å². The van der Waals surface area contributed by atoms with Crippen LogP contribution in [-0.4, -0.2) is 11.5 Å². The number of nitrogens with one attached hydrogen (secondary N) is 1. The predicted molar refractivity (Wildman–Crippen MR) is 69.3 cm³/mol. The van der Waals surface area contributed by atoms with E-state index in [0.29, 0.717) is 10.0 Å². The predicted octanol–water partition coefficient (Wildman–Crippen LogP) is 4.38. The Hall–Kier alpha value is -0.470. The maximum atomic E-state index is 6.02. The average molecular weight is 259 g/mol. The van der Waals surface area contributed by atoms with Gasteiger partial charge in [0.05, 0.1) is 10.0 Å². The van der Waals surface area contributed by atoms with Gasteiger partial charge in [0.2, 0.25) is 0 Å². The number of hydrogen-bond donors (Lipinski definition) is 1. The van der Waals surface area contributed by atoms with Crippen molar-refractivity contribution in [2.24, 2.45) is 5.92 Å². The minimum Gasteiger partial charge on any atom is -0.369 e. The standard InChI is InChI=1S/C12H16Cl2N2/c13-10-7-11(14)12(16-8-10)15-6-5-9-3-1-2-4-9/h7-9H,1-6H2,(H,15,16). The normalized spacial score (nSPS) is 16.6. The lowest BCUT2D eigenvalue weighted by molar-refractivity contribution is 0.518. The Kier molecular flexibility index (Phi) is 4.30. The summed E-state index contributed by atoms with van der Waals surface area (Å²) >= 11 is 11.8. The maximum Gasteiger partial charge on any atom is 0.144 e. The summed E-state index contributed by atoms with van der Waals surface area (Å²) in [6.45, 7) is 0.943. The van der Waals surface area contributed by atoms with Gasteiger partial charge in [-0.15, -0.1) is 0 Å². The van der Waals surface area contributed by atoms with Crippen LogP contribution >= 0.6 is 23.2 Å². The van der Waals surface area contributed by atoms with E-state index < -0.39 is 0 Å². The smallest absolute Gasteiger partial charge is 0.144 e. The van der Waals surface area contributed by atoms with Crippen molar-refractivity contribution in [1.29, 1.82) is 0 Å². The summed E-state index contributed by atoms with van der Waals surface area (Å²) in [5, 5.41) is 4.44. The van der Waals surface area contributed by atoms with Gasteiger partial charge in [0.15, 0.2) is 0 Å². The monoisotopic (exact) mass is 258 g/mol. The molecule has 0 atom stereocenters. The van der Waals surface area contributed by atoms with Gasteiger partial charge >= 0.3 is 0 Å². The summed E-state index contributed by atoms with van der Waals surface area (Å²) < 4.78 is 0. The molecule has 1 N–H and O–H groups in total. The van der Waals surface area contributed by atoms with Crippen molar-refractivity contribution >= 4 is 29.0 Å². The Morgan fingerprint density at radius 1 is 1.31 bits per heavy atom. The van der Waals surface area contributed by atoms with Crippen molar-refractivity contribution in [1.82, 2.24) is 4.98 Å². The molecule has 0 unspecified atom stereocenters. The SMILES string of the molecule is Clc1cnc(NCCC2CCCC2)c(Cl)c1. The lowest BCUT2D eigenvalue weighted by Gasteiger charge is -2.11. The molecular weight excluding hydrogens is 243 g/mol. The van der Waals surface area contributed by atoms with Crippen LogP contribution in [-0.2, 0) is 0 Å². The quantitative estimate of drug-likeness (QED) is 0.867. The number of halogens is 2. The molecule has 88 valence electrons. The molecule has 0 radical (unpaired) electrons. The van der Waals surface area contributed by atoms with Crippen LogP contribution in [0.5, 0.6) is 0 Å². The zero-order valence-electron chi connectivity index (χ0n) is 9.18. The first-order valence-corrected chi connectivity index (χ1v) is 6.56. The molecule has 1 fully saturated rings. The first kappa shape index (κ1) is 12.0. The van der Waals surface area contributed by atoms with Crippen LogP contribution in [0.2, 0.25) is 10.0 Å². The molecule has 0 amide bonds. The molecule has 0 bridgehead atoms. The van der Waals surface area contributed by atoms with E-state index in [1.165, 1.54) is 32.1 Å². The van der Waals surface area contributed by atoms with Crippen molar-refractivity contribution < 1.29 is 0 Å². The van der Waals surface area contributed by atoms with Gasteiger partial charge in [-0.05, 0) is 18.4 Å². The third kappa shape index (κ3) is 3.26. The maximum absolute atomic E-state index is 6.02. The minimum absolute atomic E-state index is 0.575. The summed E-state index contributed by atoms with van der Waals surface area (Å²) in [4.78, 5) is 4.17. The van der Waals surface area contributed by atoms with Gasteiger partial charge < -0.3 is 5.32 Å². The number of nitrogens with zero attached hydrogens (tertiary/aromatic N) is 1. The van der Waals surface area contributed by atoms with Gasteiger partial charge in [-0.3, -0.25) is 0 Å². The summed E-state index contributed by atoms with van der Waals surface area (Å²) in [6, 6.07) is 1.72. The third-order valence-electron chi connectivity index (χ3n) is 3.13. The van der Waals surface area contributed by atoms with Gasteiger partial charge in [0.1, 0.15) is 5.82 Å². The zero-order chi connectivity index (χ0) is 11.4. The molecule has 1 aliphatic rings. The average Bonchev–Trinajstić information content (AvgIpc) is 2.74. The Labute approximate surface area is 106 Å². The van der Waals surface area contributed by atoms with Crippen LogP contribution in [0.3, 0.4) is 0 Å². The first-order valence-electron chi connectivity index (χ1n) is 5.80. The van der Waals surface area contributed by atoms with E-state index in [2.05, 4.69) is 10.3 Å². The second kappa shape index (κ2) is 5.74. The molecule has 1 saturated carbocycles. The molecule has 1 aromatic heterocycles. The molecule has 2 nitrogen and oxygen atoms in total. The summed E-state index contributed by atoms with van der Waals surface area (Å²) in [5.74, 6) is 1.63. The lowest BCUT2D eigenvalue weighted by atomic mass is 10.0. The van der Waals surface area contributed by atoms with Gasteiger partial charge in [-0.1, -0.05) is 48.9 Å². The molecule has 0 saturated heterocycles. The van der Waals surface area contributed by atoms with Crippen molar-refractivity contribution in [2.45, 2.75) is 32.1 Å². The van der Waals surface area contributed by atoms with Crippen LogP contribution in [0.25, 0.3) is 0 Å². The van der Waals surface area contributed by atoms with Crippen molar-refractivity contribution in [2.75, 3.05) is 11.9 Å². The highest BCUT2D eigenvalue weighted by Gasteiger charge is 2.14. The van der Waals surface area contributed by atoms with E-state index >= 15 is 0 Å². The summed E-state index contributed by atoms with van der Waals surface area (Å²) in [7, 11) is 0. The number of aromatic nitrogens is 1. The second-order valence-electron chi connectivity index (χ2n) is 4.35. The molecule has 0 aliphatic heterocycles. The zero-order valence-corrected chi connectivity index (χ0v) is 10.7. The second-order valence-corrected chi connectivity index (χ2v) is 5.19.